The molecule has 0 spiro atoms. The van der Waals surface area contributed by atoms with Crippen molar-refractivity contribution in [1.29, 1.82) is 0 Å². The van der Waals surface area contributed by atoms with E-state index in [9.17, 15) is 4.21 Å². The molecule has 1 aromatic heterocycles. The summed E-state index contributed by atoms with van der Waals surface area (Å²) in [6.45, 7) is 1.98. The highest BCUT2D eigenvalue weighted by molar-refractivity contribution is 7.99. The monoisotopic (exact) mass is 291 g/mol. The Hall–Kier alpha value is -1.39. The molecule has 0 saturated heterocycles. The van der Waals surface area contributed by atoms with Crippen molar-refractivity contribution in [1.82, 2.24) is 4.98 Å². The maximum atomic E-state index is 12.5. The first-order chi connectivity index (χ1) is 9.50. The minimum absolute atomic E-state index is 0.118. The number of rotatable bonds is 6. The molecule has 1 heterocycles. The van der Waals surface area contributed by atoms with Gasteiger partial charge in [-0.2, -0.15) is 0 Å². The van der Waals surface area contributed by atoms with Gasteiger partial charge in [0.05, 0.1) is 11.6 Å². The second-order valence-corrected chi connectivity index (χ2v) is 7.81. The van der Waals surface area contributed by atoms with E-state index < -0.39 is 9.52 Å². The molecule has 0 amide bonds. The number of hydrogen-bond acceptors (Lipinski definition) is 3. The van der Waals surface area contributed by atoms with Gasteiger partial charge in [-0.1, -0.05) is 18.2 Å². The fourth-order valence-corrected chi connectivity index (χ4v) is 3.74. The zero-order chi connectivity index (χ0) is 14.6. The highest BCUT2D eigenvalue weighted by atomic mass is 32.2. The summed E-state index contributed by atoms with van der Waals surface area (Å²) < 4.78 is 17.7. The lowest BCUT2D eigenvalue weighted by Crippen LogP contribution is -2.15. The highest BCUT2D eigenvalue weighted by Gasteiger charge is 2.09. The summed E-state index contributed by atoms with van der Waals surface area (Å²) in [5.41, 5.74) is 1.94. The van der Waals surface area contributed by atoms with E-state index in [0.717, 1.165) is 22.9 Å². The minimum atomic E-state index is -2.13. The Balaban J connectivity index is 2.10. The van der Waals surface area contributed by atoms with Gasteiger partial charge in [0.1, 0.15) is 0 Å². The normalized spacial score (nSPS) is 15.9. The summed E-state index contributed by atoms with van der Waals surface area (Å²) >= 11 is 0. The van der Waals surface area contributed by atoms with Crippen LogP contribution in [0.15, 0.2) is 36.5 Å². The van der Waals surface area contributed by atoms with Crippen LogP contribution in [0.2, 0.25) is 0 Å². The molecule has 1 aromatic carbocycles. The molecule has 0 fully saturated rings. The molecule has 0 bridgehead atoms. The predicted octanol–water partition coefficient (Wildman–Crippen LogP) is 2.88. The summed E-state index contributed by atoms with van der Waals surface area (Å²) in [7, 11) is -0.459. The number of benzene rings is 1. The third kappa shape index (κ3) is 4.05. The van der Waals surface area contributed by atoms with E-state index in [4.69, 9.17) is 4.74 Å². The summed E-state index contributed by atoms with van der Waals surface area (Å²) in [6, 6.07) is 9.98. The summed E-state index contributed by atoms with van der Waals surface area (Å²) in [5, 5.41) is 1.07. The molecule has 20 heavy (non-hydrogen) atoms. The molecule has 0 radical (unpaired) electrons. The standard InChI is InChI=1S/C16H21NO2S/c1-13(19-2)8-9-20(3,18)12-14-10-15-6-4-5-7-16(15)17-11-14/h4-7,10-11,13H,3,8-9,12H2,1-2H3/t13-,20?/m1/s1. The van der Waals surface area contributed by atoms with Crippen molar-refractivity contribution < 1.29 is 8.95 Å². The van der Waals surface area contributed by atoms with E-state index >= 15 is 0 Å². The van der Waals surface area contributed by atoms with Crippen LogP contribution in [0.25, 0.3) is 10.9 Å². The molecule has 2 atom stereocenters. The molecule has 3 nitrogen and oxygen atoms in total. The lowest BCUT2D eigenvalue weighted by molar-refractivity contribution is 0.116. The fourth-order valence-electron chi connectivity index (χ4n) is 2.07. The third-order valence-corrected chi connectivity index (χ3v) is 5.21. The highest BCUT2D eigenvalue weighted by Crippen LogP contribution is 2.15. The van der Waals surface area contributed by atoms with E-state index in [2.05, 4.69) is 10.9 Å². The smallest absolute Gasteiger partial charge is 0.0702 e. The first-order valence-corrected chi connectivity index (χ1v) is 8.76. The number of aromatic nitrogens is 1. The molecular formula is C16H21NO2S. The SMILES string of the molecule is C=S(=O)(CC[C@@H](C)OC)Cc1cnc2ccccc2c1. The zero-order valence-corrected chi connectivity index (χ0v) is 12.9. The minimum Gasteiger partial charge on any atom is -0.382 e. The first-order valence-electron chi connectivity index (χ1n) is 6.69. The number of fused-ring (bicyclic) bond motifs is 1. The van der Waals surface area contributed by atoms with Gasteiger partial charge >= 0.3 is 0 Å². The van der Waals surface area contributed by atoms with Crippen LogP contribution >= 0.6 is 0 Å². The largest absolute Gasteiger partial charge is 0.382 e. The quantitative estimate of drug-likeness (QED) is 0.768. The van der Waals surface area contributed by atoms with Gasteiger partial charge in [0.15, 0.2) is 0 Å². The Bertz CT molecular complexity index is 680. The molecule has 0 aliphatic heterocycles. The summed E-state index contributed by atoms with van der Waals surface area (Å²) in [4.78, 5) is 4.40. The molecule has 0 saturated carbocycles. The Morgan fingerprint density at radius 1 is 1.40 bits per heavy atom. The van der Waals surface area contributed by atoms with Gasteiger partial charge in [-0.05, 0) is 46.4 Å². The van der Waals surface area contributed by atoms with Crippen LogP contribution in [0.4, 0.5) is 0 Å². The van der Waals surface area contributed by atoms with E-state index in [1.54, 1.807) is 13.3 Å². The fraction of sp³-hybridized carbons (Fsp3) is 0.375. The lowest BCUT2D eigenvalue weighted by Gasteiger charge is -2.13. The van der Waals surface area contributed by atoms with Crippen molar-refractivity contribution in [3.05, 3.63) is 42.1 Å². The molecule has 2 rings (SSSR count). The number of nitrogens with zero attached hydrogens (tertiary/aromatic N) is 1. The van der Waals surface area contributed by atoms with Gasteiger partial charge in [-0.15, -0.1) is 0 Å². The summed E-state index contributed by atoms with van der Waals surface area (Å²) in [6.07, 6.45) is 2.68. The van der Waals surface area contributed by atoms with Crippen LogP contribution in [0.3, 0.4) is 0 Å². The molecule has 2 aromatic rings. The van der Waals surface area contributed by atoms with Gasteiger partial charge in [0.2, 0.25) is 0 Å². The lowest BCUT2D eigenvalue weighted by atomic mass is 10.2. The predicted molar refractivity (Wildman–Crippen MR) is 86.7 cm³/mol. The average Bonchev–Trinajstić information content (AvgIpc) is 2.44. The number of hydrogen-bond donors (Lipinski definition) is 0. The Kier molecular flexibility index (Phi) is 4.78. The molecular weight excluding hydrogens is 270 g/mol. The Morgan fingerprint density at radius 3 is 2.90 bits per heavy atom. The first kappa shape index (κ1) is 15.0. The Labute approximate surface area is 121 Å². The zero-order valence-electron chi connectivity index (χ0n) is 12.0. The Morgan fingerprint density at radius 2 is 2.15 bits per heavy atom. The van der Waals surface area contributed by atoms with Gasteiger partial charge in [-0.3, -0.25) is 9.19 Å². The molecule has 108 valence electrons. The molecule has 1 unspecified atom stereocenters. The van der Waals surface area contributed by atoms with Crippen molar-refractivity contribution in [2.75, 3.05) is 12.9 Å². The van der Waals surface area contributed by atoms with Crippen molar-refractivity contribution in [3.63, 3.8) is 0 Å². The number of pyridine rings is 1. The van der Waals surface area contributed by atoms with Gasteiger partial charge < -0.3 is 4.74 Å². The van der Waals surface area contributed by atoms with Crippen LogP contribution < -0.4 is 0 Å². The van der Waals surface area contributed by atoms with Crippen molar-refractivity contribution in [2.24, 2.45) is 0 Å². The average molecular weight is 291 g/mol. The van der Waals surface area contributed by atoms with E-state index in [1.165, 1.54) is 0 Å². The van der Waals surface area contributed by atoms with Crippen LogP contribution in [-0.2, 0) is 20.0 Å². The van der Waals surface area contributed by atoms with E-state index in [1.807, 2.05) is 37.3 Å². The molecule has 0 aliphatic carbocycles. The van der Waals surface area contributed by atoms with E-state index in [-0.39, 0.29) is 6.10 Å². The van der Waals surface area contributed by atoms with Gasteiger partial charge in [-0.25, -0.2) is 0 Å². The number of para-hydroxylation sites is 1. The second kappa shape index (κ2) is 6.37. The third-order valence-electron chi connectivity index (χ3n) is 3.38. The van der Waals surface area contributed by atoms with Gasteiger partial charge in [0.25, 0.3) is 0 Å². The number of ether oxygens (including phenoxy) is 1. The van der Waals surface area contributed by atoms with Crippen LogP contribution in [0.5, 0.6) is 0 Å². The van der Waals surface area contributed by atoms with Crippen LogP contribution in [-0.4, -0.2) is 34.0 Å². The molecule has 0 N–H and O–H groups in total. The maximum absolute atomic E-state index is 12.5. The van der Waals surface area contributed by atoms with E-state index in [0.29, 0.717) is 11.5 Å². The van der Waals surface area contributed by atoms with Crippen molar-refractivity contribution in [3.8, 4) is 0 Å². The van der Waals surface area contributed by atoms with Crippen molar-refractivity contribution in [2.45, 2.75) is 25.2 Å². The van der Waals surface area contributed by atoms with Crippen LogP contribution in [0, 0.1) is 0 Å². The van der Waals surface area contributed by atoms with Gasteiger partial charge in [0, 0.05) is 30.2 Å². The topological polar surface area (TPSA) is 39.2 Å². The molecule has 0 aliphatic rings. The van der Waals surface area contributed by atoms with Crippen molar-refractivity contribution >= 4 is 26.3 Å². The molecule has 4 heteroatoms. The number of methoxy groups -OCH3 is 1. The van der Waals surface area contributed by atoms with Crippen LogP contribution in [0.1, 0.15) is 18.9 Å². The summed E-state index contributed by atoms with van der Waals surface area (Å²) in [5.74, 6) is 4.95. The maximum Gasteiger partial charge on any atom is 0.0702 e. The second-order valence-electron chi connectivity index (χ2n) is 5.19.